The van der Waals surface area contributed by atoms with Crippen LogP contribution in [0.2, 0.25) is 0 Å². The van der Waals surface area contributed by atoms with Gasteiger partial charge >= 0.3 is 0 Å². The van der Waals surface area contributed by atoms with E-state index in [1.807, 2.05) is 0 Å². The van der Waals surface area contributed by atoms with Crippen molar-refractivity contribution in [2.24, 2.45) is 11.7 Å². The molecular formula is C14H27NO. The summed E-state index contributed by atoms with van der Waals surface area (Å²) >= 11 is 0. The Morgan fingerprint density at radius 1 is 1.12 bits per heavy atom. The molecule has 0 aromatic rings. The Hall–Kier alpha value is -0.0800. The maximum atomic E-state index is 6.27. The third-order valence-corrected chi connectivity index (χ3v) is 4.34. The summed E-state index contributed by atoms with van der Waals surface area (Å²) in [5.41, 5.74) is 6.38. The van der Waals surface area contributed by atoms with Crippen molar-refractivity contribution >= 4 is 0 Å². The van der Waals surface area contributed by atoms with Crippen LogP contribution in [0.5, 0.6) is 0 Å². The van der Waals surface area contributed by atoms with E-state index in [0.717, 1.165) is 0 Å². The van der Waals surface area contributed by atoms with Gasteiger partial charge in [0.1, 0.15) is 0 Å². The molecule has 2 heteroatoms. The van der Waals surface area contributed by atoms with Gasteiger partial charge in [-0.3, -0.25) is 0 Å². The molecule has 3 atom stereocenters. The lowest BCUT2D eigenvalue weighted by Crippen LogP contribution is -2.32. The van der Waals surface area contributed by atoms with Crippen molar-refractivity contribution < 1.29 is 4.74 Å². The second-order valence-electron chi connectivity index (χ2n) is 6.34. The summed E-state index contributed by atoms with van der Waals surface area (Å²) in [6, 6.07) is 0.426. The fourth-order valence-electron chi connectivity index (χ4n) is 3.29. The van der Waals surface area contributed by atoms with Gasteiger partial charge in [0.25, 0.3) is 0 Å². The lowest BCUT2D eigenvalue weighted by molar-refractivity contribution is -0.0263. The fourth-order valence-corrected chi connectivity index (χ4v) is 3.29. The monoisotopic (exact) mass is 225 g/mol. The van der Waals surface area contributed by atoms with Crippen LogP contribution in [0.15, 0.2) is 0 Å². The van der Waals surface area contributed by atoms with Crippen LogP contribution in [0.3, 0.4) is 0 Å². The van der Waals surface area contributed by atoms with Crippen LogP contribution >= 0.6 is 0 Å². The minimum atomic E-state index is 0.111. The van der Waals surface area contributed by atoms with E-state index >= 15 is 0 Å². The number of rotatable bonds is 2. The van der Waals surface area contributed by atoms with E-state index < -0.39 is 0 Å². The van der Waals surface area contributed by atoms with Gasteiger partial charge in [-0.05, 0) is 51.9 Å². The summed E-state index contributed by atoms with van der Waals surface area (Å²) < 4.78 is 6.09. The summed E-state index contributed by atoms with van der Waals surface area (Å²) in [6.07, 6.45) is 10.7. The Morgan fingerprint density at radius 2 is 1.88 bits per heavy atom. The number of hydrogen-bond acceptors (Lipinski definition) is 2. The molecular weight excluding hydrogens is 198 g/mol. The third kappa shape index (κ3) is 3.21. The normalized spacial score (nSPS) is 39.6. The molecule has 1 saturated heterocycles. The molecule has 2 aliphatic rings. The van der Waals surface area contributed by atoms with Crippen LogP contribution in [0.4, 0.5) is 0 Å². The molecule has 1 aliphatic heterocycles. The minimum absolute atomic E-state index is 0.111. The Morgan fingerprint density at radius 3 is 2.56 bits per heavy atom. The van der Waals surface area contributed by atoms with Gasteiger partial charge in [-0.15, -0.1) is 0 Å². The summed E-state index contributed by atoms with van der Waals surface area (Å²) in [5.74, 6) is 0.710. The van der Waals surface area contributed by atoms with Crippen LogP contribution in [0.25, 0.3) is 0 Å². The third-order valence-electron chi connectivity index (χ3n) is 4.34. The molecule has 0 aromatic carbocycles. The van der Waals surface area contributed by atoms with Gasteiger partial charge in [0, 0.05) is 6.04 Å². The zero-order valence-electron chi connectivity index (χ0n) is 10.9. The maximum Gasteiger partial charge on any atom is 0.0631 e. The van der Waals surface area contributed by atoms with Crippen LogP contribution < -0.4 is 5.73 Å². The molecule has 3 unspecified atom stereocenters. The molecule has 16 heavy (non-hydrogen) atoms. The first-order valence-corrected chi connectivity index (χ1v) is 7.00. The Kier molecular flexibility index (Phi) is 3.91. The SMILES string of the molecule is CC1(C)CCC(CC2CCCCCC2N)O1. The second kappa shape index (κ2) is 5.05. The number of hydrogen-bond donors (Lipinski definition) is 1. The van der Waals surface area contributed by atoms with E-state index in [4.69, 9.17) is 10.5 Å². The minimum Gasteiger partial charge on any atom is -0.372 e. The highest BCUT2D eigenvalue weighted by atomic mass is 16.5. The molecule has 0 spiro atoms. The number of nitrogens with two attached hydrogens (primary N) is 1. The van der Waals surface area contributed by atoms with E-state index in [-0.39, 0.29) is 5.60 Å². The Bertz CT molecular complexity index is 227. The van der Waals surface area contributed by atoms with Crippen molar-refractivity contribution in [1.82, 2.24) is 0 Å². The van der Waals surface area contributed by atoms with E-state index in [2.05, 4.69) is 13.8 Å². The highest BCUT2D eigenvalue weighted by Gasteiger charge is 2.34. The highest BCUT2D eigenvalue weighted by Crippen LogP contribution is 2.35. The molecule has 0 bridgehead atoms. The molecule has 2 rings (SSSR count). The molecule has 0 aromatic heterocycles. The quantitative estimate of drug-likeness (QED) is 0.732. The molecule has 1 aliphatic carbocycles. The van der Waals surface area contributed by atoms with Crippen molar-refractivity contribution in [3.63, 3.8) is 0 Å². The van der Waals surface area contributed by atoms with E-state index in [9.17, 15) is 0 Å². The first kappa shape index (κ1) is 12.4. The number of ether oxygens (including phenoxy) is 1. The molecule has 2 fully saturated rings. The first-order valence-electron chi connectivity index (χ1n) is 7.00. The molecule has 2 N–H and O–H groups in total. The largest absolute Gasteiger partial charge is 0.372 e. The van der Waals surface area contributed by atoms with Crippen LogP contribution in [0.1, 0.15) is 65.2 Å². The lowest BCUT2D eigenvalue weighted by Gasteiger charge is -2.26. The van der Waals surface area contributed by atoms with Gasteiger partial charge < -0.3 is 10.5 Å². The predicted octanol–water partition coefficient (Wildman–Crippen LogP) is 3.24. The van der Waals surface area contributed by atoms with Gasteiger partial charge in [-0.2, -0.15) is 0 Å². The summed E-state index contributed by atoms with van der Waals surface area (Å²) in [6.45, 7) is 4.42. The molecule has 0 radical (unpaired) electrons. The van der Waals surface area contributed by atoms with Crippen molar-refractivity contribution in [2.45, 2.75) is 83.0 Å². The maximum absolute atomic E-state index is 6.27. The average molecular weight is 225 g/mol. The average Bonchev–Trinajstić information content (AvgIpc) is 2.41. The molecule has 1 heterocycles. The van der Waals surface area contributed by atoms with Crippen molar-refractivity contribution in [3.05, 3.63) is 0 Å². The Labute approximate surface area is 99.9 Å². The van der Waals surface area contributed by atoms with Gasteiger partial charge in [0.05, 0.1) is 11.7 Å². The zero-order chi connectivity index (χ0) is 11.6. The molecule has 94 valence electrons. The molecule has 2 nitrogen and oxygen atoms in total. The van der Waals surface area contributed by atoms with E-state index in [1.54, 1.807) is 0 Å². The highest BCUT2D eigenvalue weighted by molar-refractivity contribution is 4.85. The van der Waals surface area contributed by atoms with Crippen molar-refractivity contribution in [1.29, 1.82) is 0 Å². The van der Waals surface area contributed by atoms with Gasteiger partial charge in [0.15, 0.2) is 0 Å². The van der Waals surface area contributed by atoms with Crippen LogP contribution in [-0.2, 0) is 4.74 Å². The summed E-state index contributed by atoms with van der Waals surface area (Å²) in [4.78, 5) is 0. The second-order valence-corrected chi connectivity index (χ2v) is 6.34. The lowest BCUT2D eigenvalue weighted by atomic mass is 9.89. The zero-order valence-corrected chi connectivity index (χ0v) is 10.9. The smallest absolute Gasteiger partial charge is 0.0631 e. The van der Waals surface area contributed by atoms with Gasteiger partial charge in [-0.25, -0.2) is 0 Å². The van der Waals surface area contributed by atoms with Gasteiger partial charge in [0.2, 0.25) is 0 Å². The van der Waals surface area contributed by atoms with E-state index in [1.165, 1.54) is 51.4 Å². The van der Waals surface area contributed by atoms with Crippen molar-refractivity contribution in [2.75, 3.05) is 0 Å². The topological polar surface area (TPSA) is 35.2 Å². The van der Waals surface area contributed by atoms with Crippen molar-refractivity contribution in [3.8, 4) is 0 Å². The van der Waals surface area contributed by atoms with E-state index in [0.29, 0.717) is 18.1 Å². The summed E-state index contributed by atoms with van der Waals surface area (Å²) in [5, 5.41) is 0. The Balaban J connectivity index is 1.84. The predicted molar refractivity (Wildman–Crippen MR) is 67.4 cm³/mol. The molecule has 1 saturated carbocycles. The first-order chi connectivity index (χ1) is 7.57. The molecule has 0 amide bonds. The standard InChI is InChI=1S/C14H27NO/c1-14(2)9-8-12(16-14)10-11-6-4-3-5-7-13(11)15/h11-13H,3-10,15H2,1-2H3. The van der Waals surface area contributed by atoms with Crippen LogP contribution in [0, 0.1) is 5.92 Å². The van der Waals surface area contributed by atoms with Gasteiger partial charge in [-0.1, -0.05) is 19.3 Å². The fraction of sp³-hybridized carbons (Fsp3) is 1.00. The summed E-state index contributed by atoms with van der Waals surface area (Å²) in [7, 11) is 0. The van der Waals surface area contributed by atoms with Crippen LogP contribution in [-0.4, -0.2) is 17.7 Å².